The second-order valence-corrected chi connectivity index (χ2v) is 6.78. The number of sulfonamides is 1. The van der Waals surface area contributed by atoms with Crippen LogP contribution in [0.15, 0.2) is 23.1 Å². The highest BCUT2D eigenvalue weighted by molar-refractivity contribution is 7.89. The number of nitrogens with one attached hydrogen (secondary N) is 1. The molecule has 0 spiro atoms. The molecule has 0 unspecified atom stereocenters. The van der Waals surface area contributed by atoms with Gasteiger partial charge in [-0.15, -0.1) is 4.83 Å². The zero-order valence-electron chi connectivity index (χ0n) is 12.3. The average molecular weight is 313 g/mol. The van der Waals surface area contributed by atoms with Crippen molar-refractivity contribution < 1.29 is 13.2 Å². The van der Waals surface area contributed by atoms with Crippen LogP contribution in [0.2, 0.25) is 0 Å². The number of rotatable bonds is 6. The van der Waals surface area contributed by atoms with Crippen LogP contribution in [-0.4, -0.2) is 40.2 Å². The Labute approximate surface area is 126 Å². The summed E-state index contributed by atoms with van der Waals surface area (Å²) < 4.78 is 30.3. The molecule has 118 valence electrons. The van der Waals surface area contributed by atoms with E-state index >= 15 is 0 Å². The van der Waals surface area contributed by atoms with E-state index in [1.165, 1.54) is 0 Å². The molecule has 7 heteroatoms. The number of nitrogens with zero attached hydrogens (tertiary/aromatic N) is 1. The van der Waals surface area contributed by atoms with Crippen LogP contribution in [-0.2, 0) is 16.4 Å². The lowest BCUT2D eigenvalue weighted by Gasteiger charge is -2.27. The SMILES string of the molecule is COc1ccc(S(=O)(=O)NN2CCCCC2)c(CCN)c1. The number of nitrogens with two attached hydrogens (primary N) is 1. The third-order valence-corrected chi connectivity index (χ3v) is 5.05. The third-order valence-electron chi connectivity index (χ3n) is 3.58. The Kier molecular flexibility index (Phi) is 5.58. The van der Waals surface area contributed by atoms with Gasteiger partial charge in [0.1, 0.15) is 5.75 Å². The van der Waals surface area contributed by atoms with E-state index in [0.717, 1.165) is 32.4 Å². The van der Waals surface area contributed by atoms with Gasteiger partial charge in [0.15, 0.2) is 0 Å². The minimum absolute atomic E-state index is 0.277. The first kappa shape index (κ1) is 16.2. The lowest BCUT2D eigenvalue weighted by Crippen LogP contribution is -2.45. The average Bonchev–Trinajstić information content (AvgIpc) is 2.48. The molecule has 0 aromatic heterocycles. The van der Waals surface area contributed by atoms with Crippen LogP contribution in [0.5, 0.6) is 5.75 Å². The van der Waals surface area contributed by atoms with E-state index in [2.05, 4.69) is 4.83 Å². The van der Waals surface area contributed by atoms with Gasteiger partial charge in [-0.25, -0.2) is 13.4 Å². The van der Waals surface area contributed by atoms with Crippen LogP contribution in [0.1, 0.15) is 24.8 Å². The summed E-state index contributed by atoms with van der Waals surface area (Å²) in [5.41, 5.74) is 6.26. The molecule has 0 aliphatic carbocycles. The largest absolute Gasteiger partial charge is 0.497 e. The number of hydrazine groups is 1. The molecule has 1 fully saturated rings. The van der Waals surface area contributed by atoms with Crippen molar-refractivity contribution in [2.24, 2.45) is 5.73 Å². The van der Waals surface area contributed by atoms with Gasteiger partial charge in [0.2, 0.25) is 0 Å². The maximum atomic E-state index is 12.6. The molecule has 0 radical (unpaired) electrons. The molecular formula is C14H23N3O3S. The quantitative estimate of drug-likeness (QED) is 0.814. The van der Waals surface area contributed by atoms with Gasteiger partial charge >= 0.3 is 0 Å². The van der Waals surface area contributed by atoms with E-state index in [9.17, 15) is 8.42 Å². The first-order valence-corrected chi connectivity index (χ1v) is 8.69. The summed E-state index contributed by atoms with van der Waals surface area (Å²) in [6.45, 7) is 1.89. The normalized spacial score (nSPS) is 16.9. The highest BCUT2D eigenvalue weighted by Crippen LogP contribution is 2.22. The molecule has 1 aliphatic heterocycles. The highest BCUT2D eigenvalue weighted by atomic mass is 32.2. The fourth-order valence-electron chi connectivity index (χ4n) is 2.50. The van der Waals surface area contributed by atoms with Crippen LogP contribution in [0.25, 0.3) is 0 Å². The van der Waals surface area contributed by atoms with Crippen molar-refractivity contribution in [1.82, 2.24) is 9.84 Å². The van der Waals surface area contributed by atoms with Gasteiger partial charge < -0.3 is 10.5 Å². The van der Waals surface area contributed by atoms with E-state index in [0.29, 0.717) is 24.3 Å². The van der Waals surface area contributed by atoms with Gasteiger partial charge in [0, 0.05) is 13.1 Å². The smallest absolute Gasteiger partial charge is 0.253 e. The minimum atomic E-state index is -3.57. The van der Waals surface area contributed by atoms with Crippen molar-refractivity contribution >= 4 is 10.0 Å². The number of piperidine rings is 1. The zero-order valence-corrected chi connectivity index (χ0v) is 13.2. The summed E-state index contributed by atoms with van der Waals surface area (Å²) in [7, 11) is -2.02. The second kappa shape index (κ2) is 7.22. The lowest BCUT2D eigenvalue weighted by molar-refractivity contribution is 0.200. The molecule has 1 aromatic carbocycles. The van der Waals surface area contributed by atoms with Crippen molar-refractivity contribution in [2.75, 3.05) is 26.7 Å². The maximum Gasteiger partial charge on any atom is 0.253 e. The molecule has 0 amide bonds. The van der Waals surface area contributed by atoms with Gasteiger partial charge in [0.05, 0.1) is 12.0 Å². The molecule has 6 nitrogen and oxygen atoms in total. The third kappa shape index (κ3) is 4.16. The Bertz CT molecular complexity index is 569. The van der Waals surface area contributed by atoms with Gasteiger partial charge in [-0.3, -0.25) is 0 Å². The van der Waals surface area contributed by atoms with Crippen LogP contribution in [0.3, 0.4) is 0 Å². The molecule has 0 atom stereocenters. The maximum absolute atomic E-state index is 12.6. The predicted octanol–water partition coefficient (Wildman–Crippen LogP) is 0.876. The Hall–Kier alpha value is -1.15. The second-order valence-electron chi connectivity index (χ2n) is 5.15. The van der Waals surface area contributed by atoms with Crippen molar-refractivity contribution in [3.05, 3.63) is 23.8 Å². The summed E-state index contributed by atoms with van der Waals surface area (Å²) in [6, 6.07) is 4.97. The van der Waals surface area contributed by atoms with Gasteiger partial charge in [-0.2, -0.15) is 0 Å². The summed E-state index contributed by atoms with van der Waals surface area (Å²) in [6.07, 6.45) is 3.67. The molecule has 1 heterocycles. The van der Waals surface area contributed by atoms with E-state index in [4.69, 9.17) is 10.5 Å². The molecule has 1 aliphatic rings. The fraction of sp³-hybridized carbons (Fsp3) is 0.571. The number of methoxy groups -OCH3 is 1. The number of hydrogen-bond acceptors (Lipinski definition) is 5. The van der Waals surface area contributed by atoms with Crippen LogP contribution in [0, 0.1) is 0 Å². The molecule has 0 saturated carbocycles. The van der Waals surface area contributed by atoms with Crippen molar-refractivity contribution in [2.45, 2.75) is 30.6 Å². The molecule has 21 heavy (non-hydrogen) atoms. The molecule has 2 rings (SSSR count). The van der Waals surface area contributed by atoms with E-state index in [1.54, 1.807) is 30.3 Å². The summed E-state index contributed by atoms with van der Waals surface area (Å²) in [5, 5.41) is 1.77. The first-order valence-electron chi connectivity index (χ1n) is 7.21. The molecule has 0 bridgehead atoms. The van der Waals surface area contributed by atoms with Crippen LogP contribution in [0.4, 0.5) is 0 Å². The first-order chi connectivity index (χ1) is 10.1. The lowest BCUT2D eigenvalue weighted by atomic mass is 10.1. The molecule has 1 aromatic rings. The van der Waals surface area contributed by atoms with Gasteiger partial charge in [-0.1, -0.05) is 6.42 Å². The summed E-state index contributed by atoms with van der Waals surface area (Å²) in [5.74, 6) is 0.635. The standard InChI is InChI=1S/C14H23N3O3S/c1-20-13-5-6-14(12(11-13)7-8-15)21(18,19)16-17-9-3-2-4-10-17/h5-6,11,16H,2-4,7-10,15H2,1H3. The predicted molar refractivity (Wildman–Crippen MR) is 81.5 cm³/mol. The Morgan fingerprint density at radius 1 is 1.29 bits per heavy atom. The fourth-order valence-corrected chi connectivity index (χ4v) is 3.87. The van der Waals surface area contributed by atoms with Crippen molar-refractivity contribution in [1.29, 1.82) is 0 Å². The zero-order chi connectivity index (χ0) is 15.3. The molecule has 1 saturated heterocycles. The van der Waals surface area contributed by atoms with Crippen molar-refractivity contribution in [3.8, 4) is 5.75 Å². The van der Waals surface area contributed by atoms with Gasteiger partial charge in [-0.05, 0) is 49.6 Å². The van der Waals surface area contributed by atoms with Gasteiger partial charge in [0.25, 0.3) is 10.0 Å². The molecular weight excluding hydrogens is 290 g/mol. The van der Waals surface area contributed by atoms with E-state index < -0.39 is 10.0 Å². The number of hydrogen-bond donors (Lipinski definition) is 2. The Balaban J connectivity index is 2.25. The van der Waals surface area contributed by atoms with Crippen molar-refractivity contribution in [3.63, 3.8) is 0 Å². The topological polar surface area (TPSA) is 84.7 Å². The van der Waals surface area contributed by atoms with Crippen LogP contribution < -0.4 is 15.3 Å². The summed E-state index contributed by atoms with van der Waals surface area (Å²) in [4.78, 5) is 2.95. The Morgan fingerprint density at radius 2 is 2.00 bits per heavy atom. The van der Waals surface area contributed by atoms with E-state index in [-0.39, 0.29) is 4.90 Å². The number of benzene rings is 1. The minimum Gasteiger partial charge on any atom is -0.497 e. The molecule has 3 N–H and O–H groups in total. The monoisotopic (exact) mass is 313 g/mol. The number of ether oxygens (including phenoxy) is 1. The Morgan fingerprint density at radius 3 is 2.62 bits per heavy atom. The van der Waals surface area contributed by atoms with Crippen LogP contribution >= 0.6 is 0 Å². The summed E-state index contributed by atoms with van der Waals surface area (Å²) >= 11 is 0. The van der Waals surface area contributed by atoms with E-state index in [1.807, 2.05) is 0 Å². The highest BCUT2D eigenvalue weighted by Gasteiger charge is 2.22.